The van der Waals surface area contributed by atoms with Gasteiger partial charge in [0.15, 0.2) is 9.84 Å². The average molecular weight is 274 g/mol. The van der Waals surface area contributed by atoms with E-state index in [1.807, 2.05) is 12.3 Å². The molecule has 1 aliphatic heterocycles. The van der Waals surface area contributed by atoms with Crippen molar-refractivity contribution in [1.82, 2.24) is 10.3 Å². The molecule has 1 fully saturated rings. The number of nitrogens with zero attached hydrogens (tertiary/aromatic N) is 1. The van der Waals surface area contributed by atoms with E-state index in [0.29, 0.717) is 6.42 Å². The molecule has 1 unspecified atom stereocenters. The Morgan fingerprint density at radius 3 is 2.94 bits per heavy atom. The van der Waals surface area contributed by atoms with Crippen LogP contribution < -0.4 is 5.32 Å². The number of carbonyl (C=O) groups is 1. The summed E-state index contributed by atoms with van der Waals surface area (Å²) in [6.45, 7) is 1.88. The van der Waals surface area contributed by atoms with E-state index in [4.69, 9.17) is 0 Å². The third-order valence-electron chi connectivity index (χ3n) is 2.58. The highest BCUT2D eigenvalue weighted by Crippen LogP contribution is 2.13. The molecular weight excluding hydrogens is 260 g/mol. The number of hydrogen-bond donors (Lipinski definition) is 1. The fourth-order valence-electron chi connectivity index (χ4n) is 1.81. The summed E-state index contributed by atoms with van der Waals surface area (Å²) in [5.41, 5.74) is 0.904. The Morgan fingerprint density at radius 1 is 1.65 bits per heavy atom. The van der Waals surface area contributed by atoms with Crippen LogP contribution in [0.15, 0.2) is 5.38 Å². The van der Waals surface area contributed by atoms with Gasteiger partial charge in [0.05, 0.1) is 17.9 Å². The lowest BCUT2D eigenvalue weighted by Gasteiger charge is -2.09. The number of rotatable bonds is 3. The molecule has 1 saturated heterocycles. The maximum atomic E-state index is 11.6. The SMILES string of the molecule is Cc1csc(CC(=O)NC2CCS(=O)(=O)C2)n1. The topological polar surface area (TPSA) is 76.1 Å². The number of hydrogen-bond acceptors (Lipinski definition) is 5. The zero-order chi connectivity index (χ0) is 12.5. The summed E-state index contributed by atoms with van der Waals surface area (Å²) in [6, 6.07) is -0.228. The van der Waals surface area contributed by atoms with Gasteiger partial charge in [-0.25, -0.2) is 13.4 Å². The number of thiazole rings is 1. The van der Waals surface area contributed by atoms with Crippen LogP contribution in [0.2, 0.25) is 0 Å². The van der Waals surface area contributed by atoms with Crippen molar-refractivity contribution in [3.63, 3.8) is 0 Å². The summed E-state index contributed by atoms with van der Waals surface area (Å²) in [4.78, 5) is 15.8. The second-order valence-corrected chi connectivity index (χ2v) is 7.40. The molecule has 0 bridgehead atoms. The van der Waals surface area contributed by atoms with Crippen molar-refractivity contribution < 1.29 is 13.2 Å². The van der Waals surface area contributed by atoms with Crippen molar-refractivity contribution >= 4 is 27.1 Å². The van der Waals surface area contributed by atoms with Crippen LogP contribution >= 0.6 is 11.3 Å². The molecule has 1 aromatic rings. The molecule has 5 nitrogen and oxygen atoms in total. The second-order valence-electron chi connectivity index (χ2n) is 4.23. The Balaban J connectivity index is 1.86. The summed E-state index contributed by atoms with van der Waals surface area (Å²) < 4.78 is 22.4. The molecule has 94 valence electrons. The molecule has 0 radical (unpaired) electrons. The minimum atomic E-state index is -2.94. The Labute approximate surface area is 104 Å². The zero-order valence-corrected chi connectivity index (χ0v) is 11.1. The van der Waals surface area contributed by atoms with Crippen LogP contribution in [0.4, 0.5) is 0 Å². The summed E-state index contributed by atoms with van der Waals surface area (Å²) in [7, 11) is -2.94. The lowest BCUT2D eigenvalue weighted by molar-refractivity contribution is -0.120. The predicted molar refractivity (Wildman–Crippen MR) is 65.8 cm³/mol. The number of aryl methyl sites for hydroxylation is 1. The van der Waals surface area contributed by atoms with Crippen molar-refractivity contribution in [3.05, 3.63) is 16.1 Å². The van der Waals surface area contributed by atoms with Gasteiger partial charge in [0, 0.05) is 17.1 Å². The van der Waals surface area contributed by atoms with E-state index >= 15 is 0 Å². The van der Waals surface area contributed by atoms with Gasteiger partial charge in [-0.3, -0.25) is 4.79 Å². The molecule has 1 N–H and O–H groups in total. The molecule has 2 rings (SSSR count). The highest BCUT2D eigenvalue weighted by atomic mass is 32.2. The van der Waals surface area contributed by atoms with Crippen LogP contribution in [0.3, 0.4) is 0 Å². The molecule has 0 spiro atoms. The number of nitrogens with one attached hydrogen (secondary N) is 1. The third kappa shape index (κ3) is 3.50. The van der Waals surface area contributed by atoms with Crippen molar-refractivity contribution in [2.45, 2.75) is 25.8 Å². The van der Waals surface area contributed by atoms with Crippen molar-refractivity contribution in [1.29, 1.82) is 0 Å². The average Bonchev–Trinajstić information content (AvgIpc) is 2.73. The van der Waals surface area contributed by atoms with Gasteiger partial charge in [-0.15, -0.1) is 11.3 Å². The Morgan fingerprint density at radius 2 is 2.41 bits per heavy atom. The highest BCUT2D eigenvalue weighted by Gasteiger charge is 2.28. The first-order chi connectivity index (χ1) is 7.94. The largest absolute Gasteiger partial charge is 0.352 e. The van der Waals surface area contributed by atoms with Gasteiger partial charge in [0.1, 0.15) is 5.01 Å². The van der Waals surface area contributed by atoms with Crippen LogP contribution in [-0.4, -0.2) is 36.9 Å². The van der Waals surface area contributed by atoms with Crippen LogP contribution in [0.25, 0.3) is 0 Å². The first kappa shape index (κ1) is 12.5. The summed E-state index contributed by atoms with van der Waals surface area (Å²) in [5.74, 6) is 0.0886. The maximum Gasteiger partial charge on any atom is 0.227 e. The number of amides is 1. The molecule has 1 aromatic heterocycles. The monoisotopic (exact) mass is 274 g/mol. The first-order valence-corrected chi connectivity index (χ1v) is 8.05. The molecule has 1 aliphatic rings. The molecule has 0 aliphatic carbocycles. The van der Waals surface area contributed by atoms with E-state index in [1.54, 1.807) is 0 Å². The van der Waals surface area contributed by atoms with Gasteiger partial charge >= 0.3 is 0 Å². The molecular formula is C10H14N2O3S2. The van der Waals surface area contributed by atoms with Gasteiger partial charge in [-0.1, -0.05) is 0 Å². The van der Waals surface area contributed by atoms with Crippen molar-refractivity contribution in [3.8, 4) is 0 Å². The normalized spacial score (nSPS) is 22.5. The van der Waals surface area contributed by atoms with Crippen LogP contribution in [0, 0.1) is 6.92 Å². The summed E-state index contributed by atoms with van der Waals surface area (Å²) in [6.07, 6.45) is 0.750. The van der Waals surface area contributed by atoms with E-state index in [1.165, 1.54) is 11.3 Å². The van der Waals surface area contributed by atoms with E-state index < -0.39 is 9.84 Å². The Bertz CT molecular complexity index is 521. The van der Waals surface area contributed by atoms with Gasteiger partial charge in [0.2, 0.25) is 5.91 Å². The molecule has 1 amide bonds. The number of aromatic nitrogens is 1. The predicted octanol–water partition coefficient (Wildman–Crippen LogP) is 0.297. The van der Waals surface area contributed by atoms with Gasteiger partial charge in [-0.05, 0) is 13.3 Å². The Kier molecular flexibility index (Phi) is 3.48. The highest BCUT2D eigenvalue weighted by molar-refractivity contribution is 7.91. The first-order valence-electron chi connectivity index (χ1n) is 5.35. The lowest BCUT2D eigenvalue weighted by atomic mass is 10.2. The Hall–Kier alpha value is -0.950. The second kappa shape index (κ2) is 4.73. The van der Waals surface area contributed by atoms with E-state index in [9.17, 15) is 13.2 Å². The molecule has 1 atom stereocenters. The van der Waals surface area contributed by atoms with E-state index in [0.717, 1.165) is 10.7 Å². The van der Waals surface area contributed by atoms with Crippen LogP contribution in [0.5, 0.6) is 0 Å². The van der Waals surface area contributed by atoms with Gasteiger partial charge in [-0.2, -0.15) is 0 Å². The molecule has 0 aromatic carbocycles. The van der Waals surface area contributed by atoms with Gasteiger partial charge in [0.25, 0.3) is 0 Å². The molecule has 7 heteroatoms. The maximum absolute atomic E-state index is 11.6. The molecule has 0 saturated carbocycles. The fraction of sp³-hybridized carbons (Fsp3) is 0.600. The van der Waals surface area contributed by atoms with Gasteiger partial charge < -0.3 is 5.32 Å². The summed E-state index contributed by atoms with van der Waals surface area (Å²) >= 11 is 1.45. The smallest absolute Gasteiger partial charge is 0.227 e. The van der Waals surface area contributed by atoms with E-state index in [-0.39, 0.29) is 29.9 Å². The minimum Gasteiger partial charge on any atom is -0.352 e. The van der Waals surface area contributed by atoms with Crippen LogP contribution in [0.1, 0.15) is 17.1 Å². The zero-order valence-electron chi connectivity index (χ0n) is 9.47. The standard InChI is InChI=1S/C10H14N2O3S2/c1-7-5-16-10(11-7)4-9(13)12-8-2-3-17(14,15)6-8/h5,8H,2-4,6H2,1H3,(H,12,13). The molecule has 17 heavy (non-hydrogen) atoms. The van der Waals surface area contributed by atoms with Crippen molar-refractivity contribution in [2.75, 3.05) is 11.5 Å². The number of carbonyl (C=O) groups excluding carboxylic acids is 1. The number of sulfone groups is 1. The fourth-order valence-corrected chi connectivity index (χ4v) is 4.25. The quantitative estimate of drug-likeness (QED) is 0.860. The third-order valence-corrected chi connectivity index (χ3v) is 5.31. The lowest BCUT2D eigenvalue weighted by Crippen LogP contribution is -2.36. The van der Waals surface area contributed by atoms with Crippen molar-refractivity contribution in [2.24, 2.45) is 0 Å². The van der Waals surface area contributed by atoms with Crippen LogP contribution in [-0.2, 0) is 21.1 Å². The minimum absolute atomic E-state index is 0.0651. The van der Waals surface area contributed by atoms with E-state index in [2.05, 4.69) is 10.3 Å². The summed E-state index contributed by atoms with van der Waals surface area (Å²) in [5, 5.41) is 5.40. The molecule has 2 heterocycles.